The molecule has 0 aromatic heterocycles. The van der Waals surface area contributed by atoms with Gasteiger partial charge in [-0.15, -0.1) is 0 Å². The molecule has 230 valence electrons. The van der Waals surface area contributed by atoms with Crippen molar-refractivity contribution >= 4 is 5.97 Å². The van der Waals surface area contributed by atoms with Crippen molar-refractivity contribution in [2.75, 3.05) is 13.2 Å². The van der Waals surface area contributed by atoms with E-state index in [0.29, 0.717) is 13.2 Å². The average Bonchev–Trinajstić information content (AvgIpc) is 3.07. The van der Waals surface area contributed by atoms with Crippen LogP contribution in [0, 0.1) is 0 Å². The van der Waals surface area contributed by atoms with E-state index in [-0.39, 0.29) is 19.8 Å². The fourth-order valence-electron chi connectivity index (χ4n) is 5.03. The van der Waals surface area contributed by atoms with Crippen LogP contribution in [0.3, 0.4) is 0 Å². The van der Waals surface area contributed by atoms with Crippen molar-refractivity contribution < 1.29 is 38.3 Å². The Labute approximate surface area is 258 Å². The van der Waals surface area contributed by atoms with Crippen molar-refractivity contribution in [1.29, 1.82) is 0 Å². The molecule has 0 bridgehead atoms. The molecule has 1 heterocycles. The van der Waals surface area contributed by atoms with E-state index in [1.165, 1.54) is 0 Å². The lowest BCUT2D eigenvalue weighted by Gasteiger charge is -2.45. The van der Waals surface area contributed by atoms with Crippen LogP contribution in [-0.4, -0.2) is 55.0 Å². The van der Waals surface area contributed by atoms with Crippen LogP contribution in [0.2, 0.25) is 0 Å². The molecule has 1 aliphatic heterocycles. The lowest BCUT2D eigenvalue weighted by Crippen LogP contribution is -2.62. The molecule has 4 aromatic rings. The van der Waals surface area contributed by atoms with E-state index in [4.69, 9.17) is 28.4 Å². The Balaban J connectivity index is 1.42. The maximum atomic E-state index is 11.6. The van der Waals surface area contributed by atoms with Gasteiger partial charge in [-0.2, -0.15) is 0 Å². The Morgan fingerprint density at radius 2 is 0.955 bits per heavy atom. The fourth-order valence-corrected chi connectivity index (χ4v) is 5.03. The summed E-state index contributed by atoms with van der Waals surface area (Å²) in [4.78, 5) is 11.6. The Kier molecular flexibility index (Phi) is 12.1. The Bertz CT molecular complexity index is 1370. The molecule has 1 saturated heterocycles. The first-order valence-electron chi connectivity index (χ1n) is 14.7. The second-order valence-electron chi connectivity index (χ2n) is 10.5. The van der Waals surface area contributed by atoms with Crippen LogP contribution >= 0.6 is 0 Å². The highest BCUT2D eigenvalue weighted by molar-refractivity contribution is 5.68. The maximum absolute atomic E-state index is 11.6. The number of aliphatic carboxylic acids is 1. The predicted molar refractivity (Wildman–Crippen MR) is 163 cm³/mol. The molecule has 0 amide bonds. The van der Waals surface area contributed by atoms with Crippen molar-refractivity contribution in [3.05, 3.63) is 144 Å². The summed E-state index contributed by atoms with van der Waals surface area (Å²) in [5, 5.41) is 9.45. The van der Waals surface area contributed by atoms with Crippen LogP contribution in [0.25, 0.3) is 0 Å². The summed E-state index contributed by atoms with van der Waals surface area (Å²) in [7, 11) is 0. The number of rotatable bonds is 16. The third kappa shape index (κ3) is 9.56. The first-order valence-corrected chi connectivity index (χ1v) is 14.7. The van der Waals surface area contributed by atoms with Gasteiger partial charge >= 0.3 is 5.97 Å². The van der Waals surface area contributed by atoms with Crippen molar-refractivity contribution in [1.82, 2.24) is 0 Å². The maximum Gasteiger partial charge on any atom is 0.329 e. The van der Waals surface area contributed by atoms with E-state index < -0.39 is 43.3 Å². The van der Waals surface area contributed by atoms with E-state index in [9.17, 15) is 9.90 Å². The fraction of sp³-hybridized carbons (Fsp3) is 0.306. The summed E-state index contributed by atoms with van der Waals surface area (Å²) in [6.07, 6.45) is -3.79. The molecule has 5 rings (SSSR count). The zero-order valence-electron chi connectivity index (χ0n) is 24.5. The van der Waals surface area contributed by atoms with Gasteiger partial charge in [0, 0.05) is 0 Å². The van der Waals surface area contributed by atoms with Gasteiger partial charge in [-0.3, -0.25) is 0 Å². The standard InChI is InChI=1S/C36H38O8/c37-32(38)26-43-36-35(42-24-30-19-11-4-12-20-30)34(41-23-29-17-9-3-10-18-29)33(40-22-28-15-7-2-8-16-28)31(44-36)25-39-21-27-13-5-1-6-14-27/h1-20,31,33-36H,21-26H2,(H,37,38)/t31-,33-,34+,35+,36-/m1/s1. The zero-order chi connectivity index (χ0) is 30.4. The molecular weight excluding hydrogens is 560 g/mol. The topological polar surface area (TPSA) is 92.7 Å². The van der Waals surface area contributed by atoms with Gasteiger partial charge in [0.2, 0.25) is 0 Å². The number of hydrogen-bond acceptors (Lipinski definition) is 7. The molecule has 44 heavy (non-hydrogen) atoms. The van der Waals surface area contributed by atoms with E-state index in [1.807, 2.05) is 121 Å². The normalized spacial score (nSPS) is 21.6. The van der Waals surface area contributed by atoms with Crippen LogP contribution in [0.4, 0.5) is 0 Å². The highest BCUT2D eigenvalue weighted by atomic mass is 16.7. The second kappa shape index (κ2) is 16.8. The van der Waals surface area contributed by atoms with Gasteiger partial charge in [0.15, 0.2) is 6.29 Å². The Hall–Kier alpha value is -3.89. The summed E-state index contributed by atoms with van der Waals surface area (Å²) in [6, 6.07) is 39.3. The minimum absolute atomic E-state index is 0.165. The van der Waals surface area contributed by atoms with Gasteiger partial charge in [0.05, 0.1) is 33.0 Å². The molecule has 1 aliphatic rings. The molecule has 0 unspecified atom stereocenters. The van der Waals surface area contributed by atoms with Crippen LogP contribution in [0.1, 0.15) is 22.3 Å². The highest BCUT2D eigenvalue weighted by Gasteiger charge is 2.49. The molecule has 0 spiro atoms. The van der Waals surface area contributed by atoms with E-state index in [1.54, 1.807) is 0 Å². The van der Waals surface area contributed by atoms with E-state index >= 15 is 0 Å². The van der Waals surface area contributed by atoms with Gasteiger partial charge < -0.3 is 33.5 Å². The molecule has 5 atom stereocenters. The molecule has 1 N–H and O–H groups in total. The van der Waals surface area contributed by atoms with Gasteiger partial charge in [0.1, 0.15) is 31.0 Å². The summed E-state index contributed by atoms with van der Waals surface area (Å²) < 4.78 is 37.9. The van der Waals surface area contributed by atoms with Crippen molar-refractivity contribution in [3.8, 4) is 0 Å². The molecule has 0 radical (unpaired) electrons. The number of benzene rings is 4. The van der Waals surface area contributed by atoms with Crippen molar-refractivity contribution in [2.24, 2.45) is 0 Å². The van der Waals surface area contributed by atoms with Gasteiger partial charge in [0.25, 0.3) is 0 Å². The minimum Gasteiger partial charge on any atom is -0.480 e. The monoisotopic (exact) mass is 598 g/mol. The molecular formula is C36H38O8. The van der Waals surface area contributed by atoms with Gasteiger partial charge in [-0.1, -0.05) is 121 Å². The zero-order valence-corrected chi connectivity index (χ0v) is 24.5. The molecule has 8 nitrogen and oxygen atoms in total. The quantitative estimate of drug-likeness (QED) is 0.173. The Morgan fingerprint density at radius 3 is 1.41 bits per heavy atom. The average molecular weight is 599 g/mol. The molecule has 4 aromatic carbocycles. The van der Waals surface area contributed by atoms with Crippen LogP contribution in [0.15, 0.2) is 121 Å². The van der Waals surface area contributed by atoms with E-state index in [2.05, 4.69) is 0 Å². The number of hydrogen-bond donors (Lipinski definition) is 1. The first kappa shape index (κ1) is 31.5. The lowest BCUT2D eigenvalue weighted by atomic mass is 9.97. The number of carboxylic acids is 1. The molecule has 0 saturated carbocycles. The summed E-state index contributed by atoms with van der Waals surface area (Å²) in [5.74, 6) is -1.11. The predicted octanol–water partition coefficient (Wildman–Crippen LogP) is 5.79. The third-order valence-electron chi connectivity index (χ3n) is 7.21. The highest BCUT2D eigenvalue weighted by Crippen LogP contribution is 2.31. The molecule has 8 heteroatoms. The lowest BCUT2D eigenvalue weighted by molar-refractivity contribution is -0.327. The van der Waals surface area contributed by atoms with Crippen LogP contribution in [0.5, 0.6) is 0 Å². The van der Waals surface area contributed by atoms with Crippen LogP contribution in [-0.2, 0) is 59.6 Å². The van der Waals surface area contributed by atoms with Gasteiger partial charge in [-0.25, -0.2) is 4.79 Å². The largest absolute Gasteiger partial charge is 0.480 e. The minimum atomic E-state index is -1.11. The number of ether oxygens (including phenoxy) is 6. The van der Waals surface area contributed by atoms with E-state index in [0.717, 1.165) is 22.3 Å². The smallest absolute Gasteiger partial charge is 0.329 e. The van der Waals surface area contributed by atoms with Crippen molar-refractivity contribution in [3.63, 3.8) is 0 Å². The Morgan fingerprint density at radius 1 is 0.545 bits per heavy atom. The third-order valence-corrected chi connectivity index (χ3v) is 7.21. The molecule has 1 fully saturated rings. The number of carboxylic acid groups (broad SMARTS) is 1. The molecule has 0 aliphatic carbocycles. The van der Waals surface area contributed by atoms with Gasteiger partial charge in [-0.05, 0) is 22.3 Å². The number of carbonyl (C=O) groups is 1. The SMILES string of the molecule is O=C(O)CO[C@@H]1O[C@H](COCc2ccccc2)[C@@H](OCc2ccccc2)[C@H](OCc2ccccc2)[C@@H]1OCc1ccccc1. The summed E-state index contributed by atoms with van der Waals surface area (Å²) in [5.41, 5.74) is 3.93. The first-order chi connectivity index (χ1) is 21.7. The van der Waals surface area contributed by atoms with Crippen molar-refractivity contribution in [2.45, 2.75) is 57.1 Å². The summed E-state index contributed by atoms with van der Waals surface area (Å²) >= 11 is 0. The van der Waals surface area contributed by atoms with Crippen LogP contribution < -0.4 is 0 Å². The second-order valence-corrected chi connectivity index (χ2v) is 10.5. The summed E-state index contributed by atoms with van der Waals surface area (Å²) in [6.45, 7) is 0.808.